The van der Waals surface area contributed by atoms with Gasteiger partial charge in [0.1, 0.15) is 0 Å². The molecule has 24 heavy (non-hydrogen) atoms. The van der Waals surface area contributed by atoms with Crippen LogP contribution >= 0.6 is 0 Å². The Morgan fingerprint density at radius 3 is 2.58 bits per heavy atom. The molecule has 1 saturated heterocycles. The lowest BCUT2D eigenvalue weighted by atomic mass is 9.85. The summed E-state index contributed by atoms with van der Waals surface area (Å²) in [7, 11) is 0. The van der Waals surface area contributed by atoms with Crippen molar-refractivity contribution in [2.75, 3.05) is 18.4 Å². The van der Waals surface area contributed by atoms with Crippen molar-refractivity contribution >= 4 is 5.69 Å². The summed E-state index contributed by atoms with van der Waals surface area (Å²) in [6.45, 7) is 1.92. The van der Waals surface area contributed by atoms with Crippen LogP contribution in [0.1, 0.15) is 29.9 Å². The van der Waals surface area contributed by atoms with Gasteiger partial charge in [-0.3, -0.25) is 0 Å². The fourth-order valence-corrected chi connectivity index (χ4v) is 3.97. The maximum atomic E-state index is 13.1. The zero-order valence-electron chi connectivity index (χ0n) is 13.2. The summed E-state index contributed by atoms with van der Waals surface area (Å²) in [6, 6.07) is 11.9. The first-order valence-corrected chi connectivity index (χ1v) is 8.32. The van der Waals surface area contributed by atoms with Crippen LogP contribution in [0.5, 0.6) is 0 Å². The summed E-state index contributed by atoms with van der Waals surface area (Å²) >= 11 is 0. The summed E-state index contributed by atoms with van der Waals surface area (Å²) in [5, 5.41) is 6.98. The molecule has 2 aliphatic heterocycles. The number of fused-ring (bicyclic) bond motifs is 3. The lowest BCUT2D eigenvalue weighted by molar-refractivity contribution is -0.137. The van der Waals surface area contributed by atoms with Crippen molar-refractivity contribution in [3.63, 3.8) is 0 Å². The maximum absolute atomic E-state index is 13.1. The average molecular weight is 332 g/mol. The molecule has 0 saturated carbocycles. The molecular formula is C19H19F3N2. The smallest absolute Gasteiger partial charge is 0.381 e. The first kappa shape index (κ1) is 15.5. The van der Waals surface area contributed by atoms with E-state index in [4.69, 9.17) is 0 Å². The van der Waals surface area contributed by atoms with Crippen molar-refractivity contribution in [3.05, 3.63) is 53.6 Å². The number of anilines is 1. The van der Waals surface area contributed by atoms with E-state index < -0.39 is 11.7 Å². The molecule has 4 rings (SSSR count). The van der Waals surface area contributed by atoms with Crippen LogP contribution in [-0.2, 0) is 6.18 Å². The number of halogens is 3. The number of alkyl halides is 3. The Morgan fingerprint density at radius 2 is 1.75 bits per heavy atom. The minimum atomic E-state index is -4.32. The van der Waals surface area contributed by atoms with Crippen LogP contribution in [0.25, 0.3) is 11.1 Å². The molecule has 2 heterocycles. The minimum Gasteiger partial charge on any atom is -0.381 e. The van der Waals surface area contributed by atoms with Crippen molar-refractivity contribution in [1.82, 2.24) is 5.32 Å². The van der Waals surface area contributed by atoms with Crippen LogP contribution in [0, 0.1) is 0 Å². The zero-order valence-corrected chi connectivity index (χ0v) is 13.2. The van der Waals surface area contributed by atoms with Crippen molar-refractivity contribution in [2.45, 2.75) is 31.0 Å². The number of hydrogen-bond acceptors (Lipinski definition) is 2. The van der Waals surface area contributed by atoms with Gasteiger partial charge in [0, 0.05) is 17.6 Å². The van der Waals surface area contributed by atoms with Gasteiger partial charge in [-0.15, -0.1) is 0 Å². The highest BCUT2D eigenvalue weighted by Gasteiger charge is 2.35. The summed E-state index contributed by atoms with van der Waals surface area (Å²) in [5.41, 5.74) is 3.21. The van der Waals surface area contributed by atoms with Crippen molar-refractivity contribution in [2.24, 2.45) is 0 Å². The second-order valence-corrected chi connectivity index (χ2v) is 6.53. The molecule has 2 aromatic carbocycles. The number of nitrogens with one attached hydrogen (secondary N) is 2. The fraction of sp³-hybridized carbons (Fsp3) is 0.368. The van der Waals surface area contributed by atoms with E-state index in [2.05, 4.69) is 10.6 Å². The quantitative estimate of drug-likeness (QED) is 0.795. The Kier molecular flexibility index (Phi) is 3.76. The van der Waals surface area contributed by atoms with Crippen LogP contribution < -0.4 is 10.6 Å². The molecular weight excluding hydrogens is 313 g/mol. The van der Waals surface area contributed by atoms with Gasteiger partial charge in [0.25, 0.3) is 0 Å². The van der Waals surface area contributed by atoms with E-state index in [1.54, 1.807) is 6.07 Å². The van der Waals surface area contributed by atoms with E-state index in [1.165, 1.54) is 17.7 Å². The van der Waals surface area contributed by atoms with Crippen LogP contribution in [0.4, 0.5) is 18.9 Å². The topological polar surface area (TPSA) is 24.1 Å². The Bertz CT molecular complexity index is 755. The van der Waals surface area contributed by atoms with E-state index in [0.717, 1.165) is 43.2 Å². The first-order chi connectivity index (χ1) is 11.5. The maximum Gasteiger partial charge on any atom is 0.416 e. The van der Waals surface area contributed by atoms with Crippen molar-refractivity contribution < 1.29 is 13.2 Å². The van der Waals surface area contributed by atoms with Gasteiger partial charge in [-0.2, -0.15) is 13.2 Å². The van der Waals surface area contributed by atoms with Gasteiger partial charge in [-0.1, -0.05) is 24.3 Å². The predicted molar refractivity (Wildman–Crippen MR) is 89.1 cm³/mol. The molecule has 0 aromatic heterocycles. The highest BCUT2D eigenvalue weighted by Crippen LogP contribution is 2.45. The molecule has 2 aliphatic rings. The molecule has 5 heteroatoms. The molecule has 2 aromatic rings. The predicted octanol–water partition coefficient (Wildman–Crippen LogP) is 4.63. The third-order valence-corrected chi connectivity index (χ3v) is 5.07. The molecule has 0 spiro atoms. The molecule has 126 valence electrons. The summed E-state index contributed by atoms with van der Waals surface area (Å²) < 4.78 is 39.2. The monoisotopic (exact) mass is 332 g/mol. The second kappa shape index (κ2) is 5.81. The van der Waals surface area contributed by atoms with E-state index >= 15 is 0 Å². The van der Waals surface area contributed by atoms with E-state index in [9.17, 15) is 13.2 Å². The minimum absolute atomic E-state index is 0.348. The van der Waals surface area contributed by atoms with Gasteiger partial charge in [0.05, 0.1) is 5.56 Å². The average Bonchev–Trinajstić information content (AvgIpc) is 2.76. The molecule has 0 aliphatic carbocycles. The third-order valence-electron chi connectivity index (χ3n) is 5.07. The summed E-state index contributed by atoms with van der Waals surface area (Å²) in [5.74, 6) is 0.348. The Labute approximate surface area is 139 Å². The third kappa shape index (κ3) is 2.67. The largest absolute Gasteiger partial charge is 0.416 e. The molecule has 0 radical (unpaired) electrons. The summed E-state index contributed by atoms with van der Waals surface area (Å²) in [4.78, 5) is 0. The van der Waals surface area contributed by atoms with E-state index in [0.29, 0.717) is 17.5 Å². The SMILES string of the molecule is FC(F)(F)c1cccc(-c2cccc3c2C2CCNCCC2N3)c1. The van der Waals surface area contributed by atoms with Crippen LogP contribution in [0.2, 0.25) is 0 Å². The van der Waals surface area contributed by atoms with Crippen LogP contribution in [0.15, 0.2) is 42.5 Å². The van der Waals surface area contributed by atoms with Gasteiger partial charge >= 0.3 is 6.18 Å². The molecule has 2 unspecified atom stereocenters. The van der Waals surface area contributed by atoms with Gasteiger partial charge in [0.15, 0.2) is 0 Å². The first-order valence-electron chi connectivity index (χ1n) is 8.32. The normalized spacial score (nSPS) is 23.1. The van der Waals surface area contributed by atoms with Gasteiger partial charge < -0.3 is 10.6 Å². The van der Waals surface area contributed by atoms with Crippen molar-refractivity contribution in [1.29, 1.82) is 0 Å². The number of rotatable bonds is 1. The molecule has 2 N–H and O–H groups in total. The van der Waals surface area contributed by atoms with Crippen molar-refractivity contribution in [3.8, 4) is 11.1 Å². The van der Waals surface area contributed by atoms with Gasteiger partial charge in [-0.05, 0) is 60.8 Å². The highest BCUT2D eigenvalue weighted by atomic mass is 19.4. The lowest BCUT2D eigenvalue weighted by Gasteiger charge is -2.18. The lowest BCUT2D eigenvalue weighted by Crippen LogP contribution is -2.21. The second-order valence-electron chi connectivity index (χ2n) is 6.53. The standard InChI is InChI=1S/C19H19F3N2/c20-19(21,22)13-4-1-3-12(11-13)14-5-2-6-17-18(14)15-7-9-23-10-8-16(15)24-17/h1-6,11,15-16,23-24H,7-10H2. The van der Waals surface area contributed by atoms with Crippen LogP contribution in [-0.4, -0.2) is 19.1 Å². The Morgan fingerprint density at radius 1 is 0.958 bits per heavy atom. The zero-order chi connectivity index (χ0) is 16.7. The number of hydrogen-bond donors (Lipinski definition) is 2. The van der Waals surface area contributed by atoms with E-state index in [-0.39, 0.29) is 0 Å². The molecule has 0 bridgehead atoms. The van der Waals surface area contributed by atoms with Gasteiger partial charge in [0.2, 0.25) is 0 Å². The van der Waals surface area contributed by atoms with E-state index in [1.807, 2.05) is 18.2 Å². The van der Waals surface area contributed by atoms with Gasteiger partial charge in [-0.25, -0.2) is 0 Å². The molecule has 2 atom stereocenters. The Balaban J connectivity index is 1.80. The number of benzene rings is 2. The Hall–Kier alpha value is -2.01. The molecule has 0 amide bonds. The molecule has 2 nitrogen and oxygen atoms in total. The van der Waals surface area contributed by atoms with Crippen LogP contribution in [0.3, 0.4) is 0 Å². The molecule has 1 fully saturated rings. The summed E-state index contributed by atoms with van der Waals surface area (Å²) in [6.07, 6.45) is -2.29. The fourth-order valence-electron chi connectivity index (χ4n) is 3.97. The highest BCUT2D eigenvalue weighted by molar-refractivity contribution is 5.78.